The molecule has 0 radical (unpaired) electrons. The van der Waals surface area contributed by atoms with Crippen molar-refractivity contribution in [2.24, 2.45) is 10.9 Å². The fourth-order valence-corrected chi connectivity index (χ4v) is 8.00. The second-order valence-electron chi connectivity index (χ2n) is 18.3. The molecule has 0 bridgehead atoms. The van der Waals surface area contributed by atoms with Gasteiger partial charge in [-0.05, 0) is 105 Å². The number of benzene rings is 4. The van der Waals surface area contributed by atoms with E-state index in [0.717, 1.165) is 107 Å². The summed E-state index contributed by atoms with van der Waals surface area (Å²) in [5.41, 5.74) is 14.2. The Hall–Kier alpha value is -8.53. The molecule has 0 atom stereocenters. The Morgan fingerprint density at radius 2 is 0.895 bits per heavy atom. The van der Waals surface area contributed by atoms with Gasteiger partial charge in [0.2, 0.25) is 5.95 Å². The topological polar surface area (TPSA) is 209 Å². The second-order valence-corrected chi connectivity index (χ2v) is 20.1. The van der Waals surface area contributed by atoms with E-state index in [1.165, 1.54) is 12.3 Å². The van der Waals surface area contributed by atoms with Crippen LogP contribution in [-0.4, -0.2) is 31.4 Å². The highest BCUT2D eigenvalue weighted by Crippen LogP contribution is 2.48. The normalized spacial score (nSPS) is 14.7. The number of nitrogens with one attached hydrogen (secondary N) is 1. The minimum absolute atomic E-state index is 0.260. The summed E-state index contributed by atoms with van der Waals surface area (Å²) >= 11 is 6.44. The summed E-state index contributed by atoms with van der Waals surface area (Å²) in [6.07, 6.45) is 14.3. The van der Waals surface area contributed by atoms with E-state index in [2.05, 4.69) is 100 Å². The molecule has 0 unspecified atom stereocenters. The largest absolute Gasteiger partial charge is 0.399 e. The van der Waals surface area contributed by atoms with Gasteiger partial charge in [0, 0.05) is 62.5 Å². The van der Waals surface area contributed by atoms with Gasteiger partial charge in [-0.1, -0.05) is 153 Å². The summed E-state index contributed by atoms with van der Waals surface area (Å²) in [6, 6.07) is 63.1. The van der Waals surface area contributed by atoms with E-state index >= 15 is 0 Å². The van der Waals surface area contributed by atoms with Gasteiger partial charge in [-0.15, -0.1) is 0 Å². The Labute approximate surface area is 460 Å². The van der Waals surface area contributed by atoms with E-state index in [-0.39, 0.29) is 10.8 Å². The Balaban J connectivity index is 0.000000142. The molecule has 4 aliphatic rings. The molecular formula is C62H52Br2FN11. The molecule has 0 spiro atoms. The number of halogens is 3. The van der Waals surface area contributed by atoms with Gasteiger partial charge in [-0.3, -0.25) is 20.4 Å². The number of nitrogens with two attached hydrogens (primary N) is 1. The van der Waals surface area contributed by atoms with Gasteiger partial charge >= 0.3 is 0 Å². The molecule has 11 nitrogen and oxygen atoms in total. The predicted molar refractivity (Wildman–Crippen MR) is 302 cm³/mol. The molecule has 0 saturated heterocycles. The van der Waals surface area contributed by atoms with Crippen LogP contribution in [-0.2, 0) is 16.2 Å². The lowest BCUT2D eigenvalue weighted by Gasteiger charge is -2.09. The lowest BCUT2D eigenvalue weighted by atomic mass is 10.0. The summed E-state index contributed by atoms with van der Waals surface area (Å²) in [5, 5.41) is 43.1. The van der Waals surface area contributed by atoms with Crippen LogP contribution in [0, 0.1) is 62.6 Å². The number of hydrogen-bond donors (Lipinski definition) is 2. The maximum atomic E-state index is 12.0. The van der Waals surface area contributed by atoms with Gasteiger partial charge in [0.15, 0.2) is 0 Å². The molecule has 14 heteroatoms. The van der Waals surface area contributed by atoms with Gasteiger partial charge in [0.05, 0.1) is 74.7 Å². The van der Waals surface area contributed by atoms with Gasteiger partial charge in [-0.25, -0.2) is 9.98 Å². The van der Waals surface area contributed by atoms with Crippen LogP contribution in [0.25, 0.3) is 0 Å². The van der Waals surface area contributed by atoms with Crippen molar-refractivity contribution in [3.63, 3.8) is 0 Å². The fourth-order valence-electron chi connectivity index (χ4n) is 7.36. The third-order valence-electron chi connectivity index (χ3n) is 12.5. The van der Waals surface area contributed by atoms with E-state index in [0.29, 0.717) is 21.8 Å². The van der Waals surface area contributed by atoms with Crippen molar-refractivity contribution in [1.29, 1.82) is 26.5 Å². The number of rotatable bonds is 8. The van der Waals surface area contributed by atoms with Gasteiger partial charge in [0.25, 0.3) is 0 Å². The van der Waals surface area contributed by atoms with Gasteiger partial charge in [0.1, 0.15) is 0 Å². The summed E-state index contributed by atoms with van der Waals surface area (Å²) in [5.74, 6) is -0.0191. The minimum atomic E-state index is -0.459. The first-order chi connectivity index (χ1) is 36.9. The highest BCUT2D eigenvalue weighted by atomic mass is 79.9. The average molecular weight is 1130 g/mol. The number of aromatic nitrogens is 4. The Bertz CT molecular complexity index is 3240. The summed E-state index contributed by atoms with van der Waals surface area (Å²) in [6.45, 7) is 0. The molecule has 3 N–H and O–H groups in total. The van der Waals surface area contributed by atoms with Crippen LogP contribution < -0.4 is 5.73 Å². The van der Waals surface area contributed by atoms with Crippen LogP contribution in [0.15, 0.2) is 209 Å². The molecule has 12 rings (SSSR count). The molecule has 4 saturated carbocycles. The van der Waals surface area contributed by atoms with Crippen LogP contribution in [0.4, 0.5) is 15.8 Å². The molecule has 376 valence electrons. The molecule has 76 heavy (non-hydrogen) atoms. The van der Waals surface area contributed by atoms with Crippen molar-refractivity contribution in [1.82, 2.24) is 19.9 Å². The second kappa shape index (κ2) is 26.6. The number of pyridine rings is 4. The average Bonchev–Trinajstić information content (AvgIpc) is 4.25. The number of aliphatic imine (C=N–C) groups is 1. The molecule has 4 heterocycles. The van der Waals surface area contributed by atoms with Crippen LogP contribution in [0.3, 0.4) is 0 Å². The van der Waals surface area contributed by atoms with Crippen molar-refractivity contribution in [2.75, 3.05) is 5.73 Å². The van der Waals surface area contributed by atoms with Crippen molar-refractivity contribution >= 4 is 54.7 Å². The quantitative estimate of drug-likeness (QED) is 0.109. The van der Waals surface area contributed by atoms with Crippen LogP contribution in [0.1, 0.15) is 90.7 Å². The number of hydrogen-bond acceptors (Lipinski definition) is 11. The first-order valence-corrected chi connectivity index (χ1v) is 26.1. The SMILES string of the molecule is Fc1cc(Br)ccn1.N#CC1(c2cc(Br)ccn2)CC1.N#CC1(c2cc(N)ccn2)CC1.N#CC1(c2cc(N=C(c3ccccc3)c3ccccc3)ccn2)CC1.N#CC1CC1.N=C(c1ccccc1)c1ccccc1. The van der Waals surface area contributed by atoms with Crippen LogP contribution in [0.2, 0.25) is 0 Å². The number of nitrogen functional groups attached to an aromatic ring is 1. The number of nitriles is 4. The van der Waals surface area contributed by atoms with Crippen molar-refractivity contribution in [3.05, 3.63) is 249 Å². The fraction of sp³-hybridized carbons (Fsp3) is 0.194. The van der Waals surface area contributed by atoms with Crippen LogP contribution >= 0.6 is 31.9 Å². The molecule has 0 aliphatic heterocycles. The van der Waals surface area contributed by atoms with Gasteiger partial charge in [-0.2, -0.15) is 25.4 Å². The molecule has 4 aromatic heterocycles. The monoisotopic (exact) mass is 1130 g/mol. The highest BCUT2D eigenvalue weighted by Gasteiger charge is 2.47. The van der Waals surface area contributed by atoms with E-state index in [1.807, 2.05) is 121 Å². The highest BCUT2D eigenvalue weighted by molar-refractivity contribution is 9.10. The van der Waals surface area contributed by atoms with E-state index < -0.39 is 11.4 Å². The zero-order chi connectivity index (χ0) is 53.8. The molecule has 4 fully saturated rings. The molecule has 0 amide bonds. The van der Waals surface area contributed by atoms with Crippen molar-refractivity contribution in [2.45, 2.75) is 67.6 Å². The smallest absolute Gasteiger partial charge is 0.213 e. The van der Waals surface area contributed by atoms with Crippen molar-refractivity contribution < 1.29 is 4.39 Å². The van der Waals surface area contributed by atoms with Crippen LogP contribution in [0.5, 0.6) is 0 Å². The first kappa shape index (κ1) is 55.2. The molecule has 4 aromatic carbocycles. The number of anilines is 1. The first-order valence-electron chi connectivity index (χ1n) is 24.5. The Kier molecular flexibility index (Phi) is 19.3. The Morgan fingerprint density at radius 1 is 0.513 bits per heavy atom. The van der Waals surface area contributed by atoms with E-state index in [9.17, 15) is 9.65 Å². The Morgan fingerprint density at radius 3 is 1.24 bits per heavy atom. The standard InChI is InChI=1S/C22H17N3.C13H11N.C9H7BrN2.C9H9N3.C5H3BrFN.C4H5N/c23-16-22(12-13-22)20-15-19(11-14-24-20)25-21(17-7-3-1-4-8-17)18-9-5-2-6-10-18;14-13(11-7-3-1-4-8-11)12-9-5-2-6-10-12;10-7-1-4-12-8(5-7)9(6-11)2-3-9;10-6-9(2-3-9)8-5-7(11)1-4-12-8;6-4-1-2-8-5(7)3-4;5-3-4-1-2-4/h1-11,14-15H,12-13H2;1-10,14H;1,4-5H,2-3H2;1,4-5H,2-3H2,(H2,11,12);1-3H;4H,1-2H2. The third-order valence-corrected chi connectivity index (χ3v) is 13.5. The summed E-state index contributed by atoms with van der Waals surface area (Å²) in [7, 11) is 0. The molecular weight excluding hydrogens is 1080 g/mol. The van der Waals surface area contributed by atoms with Crippen molar-refractivity contribution in [3.8, 4) is 24.3 Å². The van der Waals surface area contributed by atoms with E-state index in [4.69, 9.17) is 31.9 Å². The lowest BCUT2D eigenvalue weighted by Crippen LogP contribution is -2.05. The predicted octanol–water partition coefficient (Wildman–Crippen LogP) is 14.4. The zero-order valence-corrected chi connectivity index (χ0v) is 44.6. The summed E-state index contributed by atoms with van der Waals surface area (Å²) < 4.78 is 13.7. The van der Waals surface area contributed by atoms with E-state index in [1.54, 1.807) is 36.8 Å². The third kappa shape index (κ3) is 16.0. The number of nitrogens with zero attached hydrogens (tertiary/aromatic N) is 9. The maximum absolute atomic E-state index is 12.0. The molecule has 4 aliphatic carbocycles. The zero-order valence-electron chi connectivity index (χ0n) is 41.4. The van der Waals surface area contributed by atoms with Gasteiger partial charge < -0.3 is 5.73 Å². The minimum Gasteiger partial charge on any atom is -0.399 e. The maximum Gasteiger partial charge on any atom is 0.213 e. The molecule has 8 aromatic rings. The summed E-state index contributed by atoms with van der Waals surface area (Å²) in [4.78, 5) is 21.0. The lowest BCUT2D eigenvalue weighted by molar-refractivity contribution is 0.583.